The first kappa shape index (κ1) is 30.2. The zero-order chi connectivity index (χ0) is 28.4. The van der Waals surface area contributed by atoms with Crippen molar-refractivity contribution in [3.63, 3.8) is 0 Å². The van der Waals surface area contributed by atoms with E-state index in [4.69, 9.17) is 4.84 Å². The van der Waals surface area contributed by atoms with Gasteiger partial charge in [0.25, 0.3) is 0 Å². The summed E-state index contributed by atoms with van der Waals surface area (Å²) in [6, 6.07) is 0. The molecule has 220 valence electrons. The smallest absolute Gasteiger partial charge is 0.314 e. The van der Waals surface area contributed by atoms with E-state index in [0.29, 0.717) is 49.0 Å². The van der Waals surface area contributed by atoms with Gasteiger partial charge < -0.3 is 15.1 Å². The summed E-state index contributed by atoms with van der Waals surface area (Å²) < 4.78 is 0. The summed E-state index contributed by atoms with van der Waals surface area (Å²) in [6.45, 7) is 15.1. The van der Waals surface area contributed by atoms with Gasteiger partial charge in [-0.15, -0.1) is 0 Å². The van der Waals surface area contributed by atoms with Gasteiger partial charge in [-0.25, -0.2) is 4.79 Å². The van der Waals surface area contributed by atoms with Crippen LogP contribution < -0.4 is 5.32 Å². The molecule has 0 saturated heterocycles. The number of nitrogens with zero attached hydrogens (tertiary/aromatic N) is 3. The fourth-order valence-electron chi connectivity index (χ4n) is 8.82. The Morgan fingerprint density at radius 3 is 2.54 bits per heavy atom. The zero-order valence-corrected chi connectivity index (χ0v) is 25.7. The van der Waals surface area contributed by atoms with Crippen LogP contribution in [0.5, 0.6) is 0 Å². The van der Waals surface area contributed by atoms with E-state index in [2.05, 4.69) is 64.1 Å². The van der Waals surface area contributed by atoms with Crippen molar-refractivity contribution in [2.45, 2.75) is 86.0 Å². The molecular formula is C32H54N4O3. The molecule has 4 aliphatic rings. The van der Waals surface area contributed by atoms with Crippen molar-refractivity contribution >= 4 is 17.6 Å². The molecule has 4 rings (SSSR count). The lowest BCUT2D eigenvalue weighted by atomic mass is 9.46. The van der Waals surface area contributed by atoms with E-state index in [0.717, 1.165) is 50.5 Å². The zero-order valence-electron chi connectivity index (χ0n) is 25.7. The fraction of sp³-hybridized carbons (Fsp3) is 0.844. The second-order valence-electron chi connectivity index (χ2n) is 14.1. The van der Waals surface area contributed by atoms with Crippen molar-refractivity contribution in [3.8, 4) is 0 Å². The highest BCUT2D eigenvalue weighted by Crippen LogP contribution is 2.66. The van der Waals surface area contributed by atoms with Crippen molar-refractivity contribution in [3.05, 3.63) is 11.6 Å². The molecule has 0 unspecified atom stereocenters. The Balaban J connectivity index is 1.38. The second-order valence-corrected chi connectivity index (χ2v) is 14.1. The summed E-state index contributed by atoms with van der Waals surface area (Å²) in [6.07, 6.45) is 10.5. The third kappa shape index (κ3) is 6.45. The molecule has 0 aliphatic heterocycles. The number of carbonyl (C=O) groups excluding carboxylic acids is 2. The molecule has 1 N–H and O–H groups in total. The first-order valence-corrected chi connectivity index (χ1v) is 15.6. The van der Waals surface area contributed by atoms with Crippen molar-refractivity contribution in [2.75, 3.05) is 46.8 Å². The first-order valence-electron chi connectivity index (χ1n) is 15.6. The van der Waals surface area contributed by atoms with E-state index in [-0.39, 0.29) is 16.9 Å². The van der Waals surface area contributed by atoms with Gasteiger partial charge in [0, 0.05) is 45.1 Å². The summed E-state index contributed by atoms with van der Waals surface area (Å²) in [7, 11) is 4.12. The quantitative estimate of drug-likeness (QED) is 0.165. The van der Waals surface area contributed by atoms with Crippen molar-refractivity contribution < 1.29 is 14.4 Å². The summed E-state index contributed by atoms with van der Waals surface area (Å²) in [4.78, 5) is 34.7. The van der Waals surface area contributed by atoms with Crippen LogP contribution in [0.15, 0.2) is 16.8 Å². The Morgan fingerprint density at radius 2 is 1.82 bits per heavy atom. The number of amides is 1. The van der Waals surface area contributed by atoms with Crippen molar-refractivity contribution in [1.82, 2.24) is 15.1 Å². The Labute approximate surface area is 237 Å². The monoisotopic (exact) mass is 542 g/mol. The largest absolute Gasteiger partial charge is 0.436 e. The van der Waals surface area contributed by atoms with E-state index >= 15 is 0 Å². The molecule has 7 nitrogen and oxygen atoms in total. The number of hydrogen-bond donors (Lipinski definition) is 1. The number of carbonyl (C=O) groups is 2. The fourth-order valence-corrected chi connectivity index (χ4v) is 8.82. The summed E-state index contributed by atoms with van der Waals surface area (Å²) in [5, 5.41) is 7.90. The Kier molecular flexibility index (Phi) is 9.63. The van der Waals surface area contributed by atoms with Gasteiger partial charge in [0.2, 0.25) is 0 Å². The Morgan fingerprint density at radius 1 is 1.08 bits per heavy atom. The van der Waals surface area contributed by atoms with Crippen LogP contribution in [-0.2, 0) is 9.63 Å². The minimum atomic E-state index is -0.341. The van der Waals surface area contributed by atoms with Crippen LogP contribution >= 0.6 is 0 Å². The maximum absolute atomic E-state index is 13.0. The predicted octanol–water partition coefficient (Wildman–Crippen LogP) is 5.76. The minimum absolute atomic E-state index is 0.204. The SMILES string of the molecule is C/C(=N\OC(=O)N(CCNCCN(C)C)CC(C)C)[C@H]1CC[C@H]2[C@@H]3CCC4=CC(=O)CC[C@]4(C)[C@H]3CC[C@]12C. The van der Waals surface area contributed by atoms with E-state index < -0.39 is 0 Å². The molecule has 0 aromatic rings. The van der Waals surface area contributed by atoms with Gasteiger partial charge in [-0.3, -0.25) is 9.63 Å². The molecule has 0 radical (unpaired) electrons. The van der Waals surface area contributed by atoms with Crippen LogP contribution in [0.1, 0.15) is 86.0 Å². The normalized spacial score (nSPS) is 34.4. The van der Waals surface area contributed by atoms with Gasteiger partial charge in [-0.05, 0) is 107 Å². The highest BCUT2D eigenvalue weighted by molar-refractivity contribution is 5.91. The van der Waals surface area contributed by atoms with E-state index in [9.17, 15) is 9.59 Å². The van der Waals surface area contributed by atoms with Crippen LogP contribution in [0.2, 0.25) is 0 Å². The molecule has 3 saturated carbocycles. The van der Waals surface area contributed by atoms with Crippen LogP contribution in [-0.4, -0.2) is 74.2 Å². The lowest BCUT2D eigenvalue weighted by Gasteiger charge is -2.58. The van der Waals surface area contributed by atoms with Gasteiger partial charge in [0.15, 0.2) is 5.78 Å². The predicted molar refractivity (Wildman–Crippen MR) is 158 cm³/mol. The number of hydrogen-bond acceptors (Lipinski definition) is 6. The molecule has 0 aromatic carbocycles. The molecule has 0 spiro atoms. The average Bonchev–Trinajstić information content (AvgIpc) is 3.23. The van der Waals surface area contributed by atoms with E-state index in [1.807, 2.05) is 6.08 Å². The standard InChI is InChI=1S/C32H54N4O3/c1-22(2)21-36(19-17-33-16-18-35(6)7)30(38)39-34-23(3)27-10-11-28-26-9-8-24-20-25(37)12-14-31(24,4)29(26)13-15-32(27,28)5/h20,22,26-29,33H,8-19,21H2,1-7H3/b34-23+/t26-,27+,28-,29-,31-,32+/m0/s1. The number of ketones is 1. The van der Waals surface area contributed by atoms with Crippen LogP contribution in [0.4, 0.5) is 4.79 Å². The molecule has 0 bridgehead atoms. The Hall–Kier alpha value is -1.73. The third-order valence-corrected chi connectivity index (χ3v) is 10.9. The van der Waals surface area contributed by atoms with Gasteiger partial charge in [0.1, 0.15) is 0 Å². The van der Waals surface area contributed by atoms with Gasteiger partial charge >= 0.3 is 6.09 Å². The topological polar surface area (TPSA) is 74.2 Å². The highest BCUT2D eigenvalue weighted by Gasteiger charge is 2.59. The maximum Gasteiger partial charge on any atom is 0.436 e. The molecule has 1 amide bonds. The minimum Gasteiger partial charge on any atom is -0.314 e. The highest BCUT2D eigenvalue weighted by atomic mass is 16.7. The summed E-state index contributed by atoms with van der Waals surface area (Å²) in [5.41, 5.74) is 2.82. The van der Waals surface area contributed by atoms with E-state index in [1.165, 1.54) is 31.3 Å². The molecule has 7 heteroatoms. The molecule has 3 fully saturated rings. The summed E-state index contributed by atoms with van der Waals surface area (Å²) in [5.74, 6) is 3.15. The number of fused-ring (bicyclic) bond motifs is 5. The Bertz CT molecular complexity index is 959. The summed E-state index contributed by atoms with van der Waals surface area (Å²) >= 11 is 0. The van der Waals surface area contributed by atoms with Gasteiger partial charge in [-0.1, -0.05) is 38.4 Å². The molecular weight excluding hydrogens is 488 g/mol. The molecule has 6 atom stereocenters. The maximum atomic E-state index is 13.0. The molecule has 39 heavy (non-hydrogen) atoms. The number of likely N-dealkylation sites (N-methyl/N-ethyl adjacent to an activating group) is 1. The lowest BCUT2D eigenvalue weighted by molar-refractivity contribution is -0.117. The van der Waals surface area contributed by atoms with Gasteiger partial charge in [0.05, 0.1) is 5.71 Å². The number of oxime groups is 1. The van der Waals surface area contributed by atoms with Crippen molar-refractivity contribution in [1.29, 1.82) is 0 Å². The van der Waals surface area contributed by atoms with Crippen molar-refractivity contribution in [2.24, 2.45) is 45.6 Å². The van der Waals surface area contributed by atoms with Crippen LogP contribution in [0.3, 0.4) is 0 Å². The van der Waals surface area contributed by atoms with Crippen LogP contribution in [0, 0.1) is 40.4 Å². The molecule has 0 heterocycles. The van der Waals surface area contributed by atoms with Crippen LogP contribution in [0.25, 0.3) is 0 Å². The van der Waals surface area contributed by atoms with E-state index in [1.54, 1.807) is 4.90 Å². The number of nitrogens with one attached hydrogen (secondary N) is 1. The average molecular weight is 543 g/mol. The number of allylic oxidation sites excluding steroid dienone is 1. The third-order valence-electron chi connectivity index (χ3n) is 10.9. The second kappa shape index (κ2) is 12.4. The first-order chi connectivity index (χ1) is 18.5. The van der Waals surface area contributed by atoms with Gasteiger partial charge in [-0.2, -0.15) is 0 Å². The molecule has 0 aromatic heterocycles. The molecule has 4 aliphatic carbocycles. The lowest BCUT2D eigenvalue weighted by Crippen LogP contribution is -2.51. The number of rotatable bonds is 10.